The van der Waals surface area contributed by atoms with Gasteiger partial charge in [-0.3, -0.25) is 4.90 Å². The SMILES string of the molecule is CC1(C)COCCN1Cc1ccc(F)c(C#N)c1. The zero-order chi connectivity index (χ0) is 13.2. The third-order valence-corrected chi connectivity index (χ3v) is 3.34. The van der Waals surface area contributed by atoms with Crippen LogP contribution in [0, 0.1) is 17.1 Å². The van der Waals surface area contributed by atoms with Gasteiger partial charge in [0.15, 0.2) is 0 Å². The lowest BCUT2D eigenvalue weighted by atomic mass is 10.0. The first kappa shape index (κ1) is 13.0. The monoisotopic (exact) mass is 248 g/mol. The molecular formula is C14H17FN2O. The minimum Gasteiger partial charge on any atom is -0.378 e. The molecule has 96 valence electrons. The predicted molar refractivity (Wildman–Crippen MR) is 66.4 cm³/mol. The van der Waals surface area contributed by atoms with E-state index in [1.165, 1.54) is 6.07 Å². The quantitative estimate of drug-likeness (QED) is 0.805. The number of ether oxygens (including phenoxy) is 1. The number of hydrogen-bond donors (Lipinski definition) is 0. The normalized spacial score (nSPS) is 19.4. The van der Waals surface area contributed by atoms with E-state index in [0.29, 0.717) is 13.2 Å². The molecule has 0 bridgehead atoms. The first-order valence-corrected chi connectivity index (χ1v) is 6.04. The van der Waals surface area contributed by atoms with Gasteiger partial charge in [0.25, 0.3) is 0 Å². The molecule has 1 aromatic rings. The van der Waals surface area contributed by atoms with Gasteiger partial charge in [0.05, 0.1) is 18.8 Å². The summed E-state index contributed by atoms with van der Waals surface area (Å²) in [4.78, 5) is 2.30. The van der Waals surface area contributed by atoms with Crippen LogP contribution in [0.3, 0.4) is 0 Å². The second kappa shape index (κ2) is 5.05. The Labute approximate surface area is 107 Å². The fraction of sp³-hybridized carbons (Fsp3) is 0.500. The van der Waals surface area contributed by atoms with Crippen LogP contribution in [0.1, 0.15) is 25.0 Å². The minimum atomic E-state index is -0.456. The van der Waals surface area contributed by atoms with Gasteiger partial charge in [0.1, 0.15) is 11.9 Å². The highest BCUT2D eigenvalue weighted by Gasteiger charge is 2.30. The van der Waals surface area contributed by atoms with E-state index in [1.54, 1.807) is 12.1 Å². The molecule has 0 saturated carbocycles. The average molecular weight is 248 g/mol. The molecule has 3 nitrogen and oxygen atoms in total. The average Bonchev–Trinajstić information content (AvgIpc) is 2.34. The Hall–Kier alpha value is -1.44. The van der Waals surface area contributed by atoms with Crippen molar-refractivity contribution in [1.82, 2.24) is 4.90 Å². The zero-order valence-electron chi connectivity index (χ0n) is 10.7. The third-order valence-electron chi connectivity index (χ3n) is 3.34. The van der Waals surface area contributed by atoms with Crippen LogP contribution in [0.25, 0.3) is 0 Å². The van der Waals surface area contributed by atoms with Crippen molar-refractivity contribution in [3.05, 3.63) is 35.1 Å². The summed E-state index contributed by atoms with van der Waals surface area (Å²) >= 11 is 0. The van der Waals surface area contributed by atoms with Crippen molar-refractivity contribution in [2.75, 3.05) is 19.8 Å². The summed E-state index contributed by atoms with van der Waals surface area (Å²) in [6.45, 7) is 7.23. The second-order valence-corrected chi connectivity index (χ2v) is 5.21. The van der Waals surface area contributed by atoms with E-state index in [-0.39, 0.29) is 11.1 Å². The maximum atomic E-state index is 13.2. The molecule has 1 aliphatic rings. The van der Waals surface area contributed by atoms with Crippen LogP contribution in [0.5, 0.6) is 0 Å². The third kappa shape index (κ3) is 2.69. The first-order chi connectivity index (χ1) is 8.53. The van der Waals surface area contributed by atoms with Crippen molar-refractivity contribution >= 4 is 0 Å². The van der Waals surface area contributed by atoms with Crippen LogP contribution in [0.4, 0.5) is 4.39 Å². The molecule has 1 aromatic carbocycles. The number of halogens is 1. The molecule has 0 spiro atoms. The van der Waals surface area contributed by atoms with Crippen molar-refractivity contribution in [3.63, 3.8) is 0 Å². The molecule has 0 radical (unpaired) electrons. The molecule has 1 fully saturated rings. The van der Waals surface area contributed by atoms with Gasteiger partial charge in [-0.2, -0.15) is 5.26 Å². The summed E-state index contributed by atoms with van der Waals surface area (Å²) in [6, 6.07) is 6.60. The number of morpholine rings is 1. The number of nitriles is 1. The fourth-order valence-corrected chi connectivity index (χ4v) is 2.16. The zero-order valence-corrected chi connectivity index (χ0v) is 10.7. The van der Waals surface area contributed by atoms with E-state index in [2.05, 4.69) is 18.7 Å². The van der Waals surface area contributed by atoms with Gasteiger partial charge in [-0.05, 0) is 31.5 Å². The number of hydrogen-bond acceptors (Lipinski definition) is 3. The lowest BCUT2D eigenvalue weighted by Crippen LogP contribution is -2.52. The Kier molecular flexibility index (Phi) is 3.65. The smallest absolute Gasteiger partial charge is 0.140 e. The summed E-state index contributed by atoms with van der Waals surface area (Å²) in [6.07, 6.45) is 0. The Bertz CT molecular complexity index is 479. The van der Waals surface area contributed by atoms with Crippen molar-refractivity contribution in [2.45, 2.75) is 25.9 Å². The van der Waals surface area contributed by atoms with E-state index in [1.807, 2.05) is 6.07 Å². The number of rotatable bonds is 2. The predicted octanol–water partition coefficient (Wildman–Crippen LogP) is 2.31. The minimum absolute atomic E-state index is 0.0283. The van der Waals surface area contributed by atoms with Crippen molar-refractivity contribution < 1.29 is 9.13 Å². The van der Waals surface area contributed by atoms with E-state index in [4.69, 9.17) is 10.00 Å². The summed E-state index contributed by atoms with van der Waals surface area (Å²) in [5.74, 6) is -0.456. The lowest BCUT2D eigenvalue weighted by Gasteiger charge is -2.42. The van der Waals surface area contributed by atoms with E-state index < -0.39 is 5.82 Å². The topological polar surface area (TPSA) is 36.3 Å². The standard InChI is InChI=1S/C14H17FN2O/c1-14(2)10-18-6-5-17(14)9-11-3-4-13(15)12(7-11)8-16/h3-4,7H,5-6,9-10H2,1-2H3. The van der Waals surface area contributed by atoms with Gasteiger partial charge in [0, 0.05) is 18.6 Å². The maximum absolute atomic E-state index is 13.2. The van der Waals surface area contributed by atoms with Gasteiger partial charge in [-0.1, -0.05) is 6.07 Å². The first-order valence-electron chi connectivity index (χ1n) is 6.04. The Morgan fingerprint density at radius 1 is 1.50 bits per heavy atom. The molecule has 1 heterocycles. The van der Waals surface area contributed by atoms with E-state index >= 15 is 0 Å². The van der Waals surface area contributed by atoms with Crippen molar-refractivity contribution in [3.8, 4) is 6.07 Å². The highest BCUT2D eigenvalue weighted by atomic mass is 19.1. The maximum Gasteiger partial charge on any atom is 0.140 e. The highest BCUT2D eigenvalue weighted by Crippen LogP contribution is 2.22. The lowest BCUT2D eigenvalue weighted by molar-refractivity contribution is -0.0552. The van der Waals surface area contributed by atoms with E-state index in [9.17, 15) is 4.39 Å². The summed E-state index contributed by atoms with van der Waals surface area (Å²) in [7, 11) is 0. The molecule has 1 aliphatic heterocycles. The van der Waals surface area contributed by atoms with Crippen LogP contribution in [-0.2, 0) is 11.3 Å². The van der Waals surface area contributed by atoms with Gasteiger partial charge in [0.2, 0.25) is 0 Å². The summed E-state index contributed by atoms with van der Waals surface area (Å²) < 4.78 is 18.7. The van der Waals surface area contributed by atoms with Crippen LogP contribution in [-0.4, -0.2) is 30.2 Å². The second-order valence-electron chi connectivity index (χ2n) is 5.21. The fourth-order valence-electron chi connectivity index (χ4n) is 2.16. The molecule has 18 heavy (non-hydrogen) atoms. The Morgan fingerprint density at radius 2 is 2.28 bits per heavy atom. The Morgan fingerprint density at radius 3 is 2.94 bits per heavy atom. The van der Waals surface area contributed by atoms with Crippen LogP contribution in [0.2, 0.25) is 0 Å². The van der Waals surface area contributed by atoms with Crippen molar-refractivity contribution in [1.29, 1.82) is 5.26 Å². The van der Waals surface area contributed by atoms with Crippen LogP contribution < -0.4 is 0 Å². The molecular weight excluding hydrogens is 231 g/mol. The van der Waals surface area contributed by atoms with Crippen LogP contribution >= 0.6 is 0 Å². The molecule has 0 aromatic heterocycles. The number of nitrogens with zero attached hydrogens (tertiary/aromatic N) is 2. The largest absolute Gasteiger partial charge is 0.378 e. The highest BCUT2D eigenvalue weighted by molar-refractivity contribution is 5.34. The van der Waals surface area contributed by atoms with Gasteiger partial charge >= 0.3 is 0 Å². The Balaban J connectivity index is 2.16. The molecule has 4 heteroatoms. The van der Waals surface area contributed by atoms with Gasteiger partial charge in [-0.25, -0.2) is 4.39 Å². The number of benzene rings is 1. The molecule has 0 unspecified atom stereocenters. The molecule has 0 atom stereocenters. The van der Waals surface area contributed by atoms with E-state index in [0.717, 1.165) is 18.7 Å². The molecule has 2 rings (SSSR count). The molecule has 0 amide bonds. The molecule has 1 saturated heterocycles. The van der Waals surface area contributed by atoms with Gasteiger partial charge < -0.3 is 4.74 Å². The summed E-state index contributed by atoms with van der Waals surface area (Å²) in [5.41, 5.74) is 1.04. The van der Waals surface area contributed by atoms with Crippen LogP contribution in [0.15, 0.2) is 18.2 Å². The summed E-state index contributed by atoms with van der Waals surface area (Å²) in [5, 5.41) is 8.83. The van der Waals surface area contributed by atoms with Gasteiger partial charge in [-0.15, -0.1) is 0 Å². The molecule has 0 aliphatic carbocycles. The van der Waals surface area contributed by atoms with Crippen molar-refractivity contribution in [2.24, 2.45) is 0 Å². The molecule has 0 N–H and O–H groups in total.